The van der Waals surface area contributed by atoms with Crippen LogP contribution in [0.15, 0.2) is 35.9 Å². The second-order valence-corrected chi connectivity index (χ2v) is 20.0. The van der Waals surface area contributed by atoms with Crippen molar-refractivity contribution in [3.8, 4) is 5.75 Å². The van der Waals surface area contributed by atoms with Crippen molar-refractivity contribution < 1.29 is 29.0 Å². The summed E-state index contributed by atoms with van der Waals surface area (Å²) < 4.78 is 11.8. The predicted molar refractivity (Wildman–Crippen MR) is 223 cm³/mol. The molecule has 0 heterocycles. The molecule has 4 aliphatic rings. The lowest BCUT2D eigenvalue weighted by atomic mass is 9.47. The summed E-state index contributed by atoms with van der Waals surface area (Å²) in [6.45, 7) is 18.1. The number of fused-ring (bicyclic) bond motifs is 5. The number of phenolic OH excluding ortho intramolecular Hbond substituents is 1. The number of hydrogen-bond acceptors (Lipinski definition) is 7. The maximum Gasteiger partial charge on any atom is 0.408 e. The standard InChI is InChI=1S/C47H75N3O6/c1-30(2)12-11-13-31(3)37-21-22-38-36-20-17-33-29-35(23-25-46(33,7)39(36)24-26-47(37,38)8)55-43(53)40(14-9-10-27-48)49-42(52)41(50-44(54)56-45(4,5)6)28-32-15-18-34(51)19-16-32/h15-19,30-31,35-41,51H,9-14,20-29,48H2,1-8H3,(H,49,52)(H,50,54)/t31?,35?,36?,37?,38?,39?,40?,41-,46?,47?/m0/s1. The first kappa shape index (κ1) is 44.0. The molecule has 0 spiro atoms. The van der Waals surface area contributed by atoms with Crippen LogP contribution in [-0.2, 0) is 25.5 Å². The first-order chi connectivity index (χ1) is 26.4. The topological polar surface area (TPSA) is 140 Å². The number of nitrogens with one attached hydrogen (secondary N) is 2. The summed E-state index contributed by atoms with van der Waals surface area (Å²) in [6, 6.07) is 4.57. The molecule has 0 radical (unpaired) electrons. The van der Waals surface area contributed by atoms with Gasteiger partial charge in [0, 0.05) is 12.8 Å². The molecule has 9 unspecified atom stereocenters. The maximum atomic E-state index is 14.0. The average molecular weight is 778 g/mol. The third kappa shape index (κ3) is 10.7. The van der Waals surface area contributed by atoms with E-state index < -0.39 is 35.7 Å². The van der Waals surface area contributed by atoms with Crippen molar-refractivity contribution in [2.45, 2.75) is 175 Å². The quantitative estimate of drug-likeness (QED) is 0.0745. The number of aromatic hydroxyl groups is 1. The second kappa shape index (κ2) is 18.7. The van der Waals surface area contributed by atoms with E-state index in [4.69, 9.17) is 15.2 Å². The Morgan fingerprint density at radius 2 is 1.62 bits per heavy atom. The smallest absolute Gasteiger partial charge is 0.408 e. The van der Waals surface area contributed by atoms with Crippen molar-refractivity contribution in [2.24, 2.45) is 52.1 Å². The number of carbonyl (C=O) groups is 3. The second-order valence-electron chi connectivity index (χ2n) is 20.0. The van der Waals surface area contributed by atoms with Crippen molar-refractivity contribution in [3.05, 3.63) is 41.5 Å². The van der Waals surface area contributed by atoms with Gasteiger partial charge in [-0.25, -0.2) is 9.59 Å². The van der Waals surface area contributed by atoms with Gasteiger partial charge in [0.2, 0.25) is 5.91 Å². The van der Waals surface area contributed by atoms with E-state index in [0.717, 1.165) is 60.8 Å². The van der Waals surface area contributed by atoms with Crippen molar-refractivity contribution in [3.63, 3.8) is 0 Å². The van der Waals surface area contributed by atoms with Crippen molar-refractivity contribution in [1.29, 1.82) is 0 Å². The molecule has 5 rings (SSSR count). The number of rotatable bonds is 16. The molecule has 0 aromatic heterocycles. The number of allylic oxidation sites excluding steroid dienone is 1. The van der Waals surface area contributed by atoms with Gasteiger partial charge in [-0.2, -0.15) is 0 Å². The van der Waals surface area contributed by atoms with Gasteiger partial charge in [0.25, 0.3) is 0 Å². The van der Waals surface area contributed by atoms with Gasteiger partial charge in [-0.05, 0) is 156 Å². The predicted octanol–water partition coefficient (Wildman–Crippen LogP) is 9.40. The van der Waals surface area contributed by atoms with Gasteiger partial charge in [0.05, 0.1) is 0 Å². The van der Waals surface area contributed by atoms with Crippen molar-refractivity contribution in [2.75, 3.05) is 6.54 Å². The minimum Gasteiger partial charge on any atom is -0.508 e. The molecule has 1 aromatic carbocycles. The van der Waals surface area contributed by atoms with Crippen LogP contribution in [0.5, 0.6) is 5.75 Å². The number of alkyl carbamates (subject to hydrolysis) is 1. The minimum absolute atomic E-state index is 0.103. The maximum absolute atomic E-state index is 14.0. The first-order valence-electron chi connectivity index (χ1n) is 22.1. The molecule has 4 aliphatic carbocycles. The van der Waals surface area contributed by atoms with Crippen LogP contribution in [-0.4, -0.2) is 53.4 Å². The number of benzene rings is 1. The molecule has 9 heteroatoms. The monoisotopic (exact) mass is 778 g/mol. The van der Waals surface area contributed by atoms with Crippen LogP contribution in [0, 0.1) is 46.3 Å². The van der Waals surface area contributed by atoms with Gasteiger partial charge in [0.1, 0.15) is 29.5 Å². The Hall–Kier alpha value is -3.07. The minimum atomic E-state index is -1.02. The highest BCUT2D eigenvalue weighted by atomic mass is 16.6. The normalized spacial score (nSPS) is 30.2. The average Bonchev–Trinajstić information content (AvgIpc) is 3.48. The zero-order valence-corrected chi connectivity index (χ0v) is 36.0. The number of unbranched alkanes of at least 4 members (excludes halogenated alkanes) is 1. The Balaban J connectivity index is 1.24. The number of ether oxygens (including phenoxy) is 2. The lowest BCUT2D eigenvalue weighted by Crippen LogP contribution is -2.54. The van der Waals surface area contributed by atoms with E-state index in [9.17, 15) is 19.5 Å². The number of carbonyl (C=O) groups excluding carboxylic acids is 3. The van der Waals surface area contributed by atoms with Gasteiger partial charge in [-0.15, -0.1) is 0 Å². The van der Waals surface area contributed by atoms with E-state index in [2.05, 4.69) is 51.3 Å². The summed E-state index contributed by atoms with van der Waals surface area (Å²) in [5.74, 6) is 3.79. The summed E-state index contributed by atoms with van der Waals surface area (Å²) in [6.07, 6.45) is 16.6. The number of esters is 1. The zero-order chi connectivity index (χ0) is 40.8. The molecule has 2 amide bonds. The highest BCUT2D eigenvalue weighted by Crippen LogP contribution is 2.67. The highest BCUT2D eigenvalue weighted by molar-refractivity contribution is 5.90. The molecular formula is C47H75N3O6. The van der Waals surface area contributed by atoms with Gasteiger partial charge in [-0.3, -0.25) is 4.79 Å². The summed E-state index contributed by atoms with van der Waals surface area (Å²) in [7, 11) is 0. The van der Waals surface area contributed by atoms with Crippen molar-refractivity contribution in [1.82, 2.24) is 10.6 Å². The van der Waals surface area contributed by atoms with Crippen LogP contribution in [0.2, 0.25) is 0 Å². The summed E-state index contributed by atoms with van der Waals surface area (Å²) in [5.41, 5.74) is 7.82. The fraction of sp³-hybridized carbons (Fsp3) is 0.766. The third-order valence-electron chi connectivity index (χ3n) is 14.5. The molecule has 3 fully saturated rings. The Kier molecular flexibility index (Phi) is 14.7. The van der Waals surface area contributed by atoms with Crippen LogP contribution < -0.4 is 16.4 Å². The van der Waals surface area contributed by atoms with E-state index >= 15 is 0 Å². The molecule has 0 bridgehead atoms. The third-order valence-corrected chi connectivity index (χ3v) is 14.5. The molecule has 10 atom stereocenters. The molecule has 3 saturated carbocycles. The van der Waals surface area contributed by atoms with Crippen LogP contribution in [0.25, 0.3) is 0 Å². The molecule has 314 valence electrons. The van der Waals surface area contributed by atoms with Crippen LogP contribution in [0.1, 0.15) is 151 Å². The lowest BCUT2D eigenvalue weighted by Gasteiger charge is -2.58. The number of nitrogens with two attached hydrogens (primary N) is 1. The molecule has 0 saturated heterocycles. The SMILES string of the molecule is CC(C)CCCC(C)C1CCC2C3CC=C4CC(OC(=O)C(CCCCN)NC(=O)[C@H](Cc5ccc(O)cc5)NC(=O)OC(C)(C)C)CCC4(C)C3CCC12C. The van der Waals surface area contributed by atoms with Gasteiger partial charge in [0.15, 0.2) is 0 Å². The van der Waals surface area contributed by atoms with Crippen molar-refractivity contribution >= 4 is 18.0 Å². The first-order valence-corrected chi connectivity index (χ1v) is 22.1. The molecule has 5 N–H and O–H groups in total. The lowest BCUT2D eigenvalue weighted by molar-refractivity contribution is -0.155. The Bertz CT molecular complexity index is 1520. The molecule has 9 nitrogen and oxygen atoms in total. The molecular weight excluding hydrogens is 703 g/mol. The van der Waals surface area contributed by atoms with Gasteiger partial charge >= 0.3 is 12.1 Å². The van der Waals surface area contributed by atoms with E-state index in [-0.39, 0.29) is 23.7 Å². The van der Waals surface area contributed by atoms with Gasteiger partial charge < -0.3 is 30.9 Å². The Labute approximate surface area is 338 Å². The Morgan fingerprint density at radius 3 is 2.30 bits per heavy atom. The fourth-order valence-electron chi connectivity index (χ4n) is 11.5. The zero-order valence-electron chi connectivity index (χ0n) is 36.0. The molecule has 0 aliphatic heterocycles. The van der Waals surface area contributed by atoms with Crippen LogP contribution in [0.3, 0.4) is 0 Å². The van der Waals surface area contributed by atoms with E-state index in [0.29, 0.717) is 37.1 Å². The van der Waals surface area contributed by atoms with Gasteiger partial charge in [-0.1, -0.05) is 77.7 Å². The number of amides is 2. The largest absolute Gasteiger partial charge is 0.508 e. The molecule has 56 heavy (non-hydrogen) atoms. The van der Waals surface area contributed by atoms with Crippen LogP contribution in [0.4, 0.5) is 4.79 Å². The Morgan fingerprint density at radius 1 is 0.893 bits per heavy atom. The highest BCUT2D eigenvalue weighted by Gasteiger charge is 2.59. The summed E-state index contributed by atoms with van der Waals surface area (Å²) >= 11 is 0. The van der Waals surface area contributed by atoms with E-state index in [1.807, 2.05) is 0 Å². The summed E-state index contributed by atoms with van der Waals surface area (Å²) in [4.78, 5) is 40.7. The number of phenols is 1. The summed E-state index contributed by atoms with van der Waals surface area (Å²) in [5, 5.41) is 15.4. The number of hydrogen-bond donors (Lipinski definition) is 4. The van der Waals surface area contributed by atoms with E-state index in [1.54, 1.807) is 32.9 Å². The van der Waals surface area contributed by atoms with Crippen LogP contribution >= 0.6 is 0 Å². The van der Waals surface area contributed by atoms with E-state index in [1.165, 1.54) is 62.7 Å². The fourth-order valence-corrected chi connectivity index (χ4v) is 11.5. The molecule has 1 aromatic rings.